The molecule has 10 heteroatoms. The maximum Gasteiger partial charge on any atom is 0.433 e. The number of furan rings is 1. The Morgan fingerprint density at radius 1 is 1.27 bits per heavy atom. The van der Waals surface area contributed by atoms with Crippen LogP contribution < -0.4 is 10.1 Å². The number of hydrogen-bond donors (Lipinski definition) is 1. The van der Waals surface area contributed by atoms with Gasteiger partial charge >= 0.3 is 5.88 Å². The van der Waals surface area contributed by atoms with Crippen molar-refractivity contribution in [3.8, 4) is 17.1 Å². The molecule has 1 aliphatic rings. The number of anilines is 1. The van der Waals surface area contributed by atoms with Gasteiger partial charge in [0.05, 0.1) is 6.07 Å². The summed E-state index contributed by atoms with van der Waals surface area (Å²) >= 11 is 1.54. The summed E-state index contributed by atoms with van der Waals surface area (Å²) in [6, 6.07) is 10.5. The molecule has 2 aromatic heterocycles. The van der Waals surface area contributed by atoms with Gasteiger partial charge in [-0.2, -0.15) is 4.98 Å². The summed E-state index contributed by atoms with van der Waals surface area (Å²) < 4.78 is 11.2. The van der Waals surface area contributed by atoms with Crippen molar-refractivity contribution in [3.63, 3.8) is 0 Å². The molecule has 1 unspecified atom stereocenters. The summed E-state index contributed by atoms with van der Waals surface area (Å²) in [5.74, 6) is 1.32. The monoisotopic (exact) mass is 425 g/mol. The van der Waals surface area contributed by atoms with Gasteiger partial charge in [0.15, 0.2) is 11.9 Å². The number of unbranched alkanes of at least 4 members (excludes halogenated alkanes) is 1. The predicted molar refractivity (Wildman–Crippen MR) is 113 cm³/mol. The molecule has 0 spiro atoms. The SMILES string of the molecule is CCCCSc1nnc2c(n1)OC(/C=C/c1ccc([N+](=O)[O-])o1)Nc1ccccc1-2. The first-order valence-corrected chi connectivity index (χ1v) is 10.4. The molecule has 9 nitrogen and oxygen atoms in total. The third-order valence-electron chi connectivity index (χ3n) is 4.31. The van der Waals surface area contributed by atoms with E-state index in [1.807, 2.05) is 24.3 Å². The molecule has 0 saturated heterocycles. The normalized spacial score (nSPS) is 15.0. The maximum atomic E-state index is 10.8. The molecule has 1 atom stereocenters. The van der Waals surface area contributed by atoms with E-state index in [9.17, 15) is 10.1 Å². The molecule has 1 aliphatic heterocycles. The van der Waals surface area contributed by atoms with E-state index in [-0.39, 0.29) is 5.88 Å². The lowest BCUT2D eigenvalue weighted by molar-refractivity contribution is -0.402. The van der Waals surface area contributed by atoms with E-state index in [0.29, 0.717) is 22.5 Å². The molecule has 0 radical (unpaired) electrons. The molecule has 0 aliphatic carbocycles. The highest BCUT2D eigenvalue weighted by Crippen LogP contribution is 2.36. The minimum Gasteiger partial charge on any atom is -0.448 e. The Labute approximate surface area is 176 Å². The van der Waals surface area contributed by atoms with Crippen molar-refractivity contribution in [3.05, 3.63) is 58.3 Å². The predicted octanol–water partition coefficient (Wildman–Crippen LogP) is 4.78. The zero-order valence-corrected chi connectivity index (χ0v) is 17.0. The van der Waals surface area contributed by atoms with Crippen molar-refractivity contribution in [2.75, 3.05) is 11.1 Å². The number of nitrogens with zero attached hydrogens (tertiary/aromatic N) is 4. The summed E-state index contributed by atoms with van der Waals surface area (Å²) in [5, 5.41) is 23.2. The molecule has 0 fully saturated rings. The van der Waals surface area contributed by atoms with E-state index in [1.165, 1.54) is 12.1 Å². The second-order valence-corrected chi connectivity index (χ2v) is 7.53. The van der Waals surface area contributed by atoms with Gasteiger partial charge in [-0.3, -0.25) is 10.1 Å². The van der Waals surface area contributed by atoms with Crippen LogP contribution in [0.3, 0.4) is 0 Å². The van der Waals surface area contributed by atoms with Crippen LogP contribution in [0.2, 0.25) is 0 Å². The van der Waals surface area contributed by atoms with Crippen LogP contribution in [0.4, 0.5) is 11.6 Å². The van der Waals surface area contributed by atoms with Gasteiger partial charge in [0.25, 0.3) is 0 Å². The van der Waals surface area contributed by atoms with E-state index in [1.54, 1.807) is 23.9 Å². The first-order valence-electron chi connectivity index (χ1n) is 9.46. The number of thioether (sulfide) groups is 1. The zero-order valence-electron chi connectivity index (χ0n) is 16.1. The smallest absolute Gasteiger partial charge is 0.433 e. The Hall–Kier alpha value is -3.40. The summed E-state index contributed by atoms with van der Waals surface area (Å²) in [4.78, 5) is 14.8. The second kappa shape index (κ2) is 8.95. The largest absolute Gasteiger partial charge is 0.448 e. The molecule has 0 amide bonds. The lowest BCUT2D eigenvalue weighted by Crippen LogP contribution is -2.23. The van der Waals surface area contributed by atoms with E-state index >= 15 is 0 Å². The highest BCUT2D eigenvalue weighted by molar-refractivity contribution is 7.99. The second-order valence-electron chi connectivity index (χ2n) is 6.47. The fourth-order valence-corrected chi connectivity index (χ4v) is 3.70. The molecule has 1 aromatic carbocycles. The van der Waals surface area contributed by atoms with Gasteiger partial charge in [0.2, 0.25) is 11.0 Å². The standard InChI is InChI=1S/C20H19N5O4S/c1-2-3-12-30-20-22-19-18(23-24-20)14-6-4-5-7-15(14)21-16(29-19)10-8-13-9-11-17(28-13)25(26)27/h4-11,16,21H,2-3,12H2,1H3/b10-8+. The van der Waals surface area contributed by atoms with Crippen molar-refractivity contribution < 1.29 is 14.1 Å². The maximum absolute atomic E-state index is 10.8. The van der Waals surface area contributed by atoms with Crippen molar-refractivity contribution in [2.24, 2.45) is 0 Å². The van der Waals surface area contributed by atoms with E-state index in [0.717, 1.165) is 29.8 Å². The summed E-state index contributed by atoms with van der Waals surface area (Å²) in [6.45, 7) is 2.13. The van der Waals surface area contributed by atoms with Crippen molar-refractivity contribution in [2.45, 2.75) is 31.1 Å². The number of ether oxygens (including phenoxy) is 1. The number of para-hydroxylation sites is 1. The van der Waals surface area contributed by atoms with E-state index in [4.69, 9.17) is 9.15 Å². The molecule has 0 saturated carbocycles. The fourth-order valence-electron chi connectivity index (χ4n) is 2.84. The third-order valence-corrected chi connectivity index (χ3v) is 5.23. The van der Waals surface area contributed by atoms with Crippen molar-refractivity contribution >= 4 is 29.4 Å². The van der Waals surface area contributed by atoms with Crippen LogP contribution in [-0.4, -0.2) is 32.1 Å². The lowest BCUT2D eigenvalue weighted by atomic mass is 10.1. The van der Waals surface area contributed by atoms with Gasteiger partial charge in [-0.15, -0.1) is 10.2 Å². The molecule has 4 rings (SSSR count). The molecule has 30 heavy (non-hydrogen) atoms. The van der Waals surface area contributed by atoms with E-state index < -0.39 is 11.2 Å². The molecular formula is C20H19N5O4S. The Bertz CT molecular complexity index is 1080. The minimum atomic E-state index is -0.582. The summed E-state index contributed by atoms with van der Waals surface area (Å²) in [6.07, 6.45) is 4.90. The van der Waals surface area contributed by atoms with Crippen LogP contribution in [0.15, 0.2) is 52.0 Å². The fraction of sp³-hybridized carbons (Fsp3) is 0.250. The highest BCUT2D eigenvalue weighted by Gasteiger charge is 2.23. The topological polar surface area (TPSA) is 116 Å². The minimum absolute atomic E-state index is 0.314. The summed E-state index contributed by atoms with van der Waals surface area (Å²) in [7, 11) is 0. The number of benzene rings is 1. The Balaban J connectivity index is 1.62. The highest BCUT2D eigenvalue weighted by atomic mass is 32.2. The molecule has 3 heterocycles. The number of hydrogen-bond acceptors (Lipinski definition) is 9. The van der Waals surface area contributed by atoms with Crippen LogP contribution in [0.25, 0.3) is 17.3 Å². The van der Waals surface area contributed by atoms with Crippen LogP contribution in [0, 0.1) is 10.1 Å². The van der Waals surface area contributed by atoms with E-state index in [2.05, 4.69) is 27.4 Å². The number of fused-ring (bicyclic) bond motifs is 3. The lowest BCUT2D eigenvalue weighted by Gasteiger charge is -2.15. The molecular weight excluding hydrogens is 406 g/mol. The van der Waals surface area contributed by atoms with Gasteiger partial charge in [-0.25, -0.2) is 0 Å². The first-order chi connectivity index (χ1) is 14.6. The Morgan fingerprint density at radius 3 is 2.93 bits per heavy atom. The molecule has 1 N–H and O–H groups in total. The third kappa shape index (κ3) is 4.43. The van der Waals surface area contributed by atoms with Gasteiger partial charge in [0, 0.05) is 17.0 Å². The number of nitrogens with one attached hydrogen (secondary N) is 1. The average Bonchev–Trinajstić information content (AvgIpc) is 3.16. The number of rotatable bonds is 7. The Morgan fingerprint density at radius 2 is 2.13 bits per heavy atom. The van der Waals surface area contributed by atoms with Crippen LogP contribution in [-0.2, 0) is 0 Å². The van der Waals surface area contributed by atoms with Crippen LogP contribution >= 0.6 is 11.8 Å². The van der Waals surface area contributed by atoms with Crippen LogP contribution in [0.1, 0.15) is 25.5 Å². The van der Waals surface area contributed by atoms with Crippen LogP contribution in [0.5, 0.6) is 5.88 Å². The van der Waals surface area contributed by atoms with Gasteiger partial charge < -0.3 is 14.5 Å². The molecule has 0 bridgehead atoms. The van der Waals surface area contributed by atoms with Gasteiger partial charge in [-0.05, 0) is 30.7 Å². The first kappa shape index (κ1) is 19.9. The quantitative estimate of drug-likeness (QED) is 0.247. The van der Waals surface area contributed by atoms with Crippen molar-refractivity contribution in [1.29, 1.82) is 0 Å². The number of nitro groups is 1. The average molecular weight is 425 g/mol. The molecule has 154 valence electrons. The Kier molecular flexibility index (Phi) is 5.94. The van der Waals surface area contributed by atoms with Gasteiger partial charge in [0.1, 0.15) is 10.7 Å². The zero-order chi connectivity index (χ0) is 20.9. The van der Waals surface area contributed by atoms with Gasteiger partial charge in [-0.1, -0.05) is 43.3 Å². The summed E-state index contributed by atoms with van der Waals surface area (Å²) in [5.41, 5.74) is 2.21. The number of aromatic nitrogens is 3. The van der Waals surface area contributed by atoms with Crippen molar-refractivity contribution in [1.82, 2.24) is 15.2 Å². The molecule has 3 aromatic rings.